The summed E-state index contributed by atoms with van der Waals surface area (Å²) in [6.45, 7) is 10.8. The van der Waals surface area contributed by atoms with Crippen LogP contribution < -0.4 is 5.32 Å². The molecule has 0 radical (unpaired) electrons. The van der Waals surface area contributed by atoms with Gasteiger partial charge in [0, 0.05) is 25.2 Å². The quantitative estimate of drug-likeness (QED) is 0.683. The maximum absolute atomic E-state index is 3.72. The first kappa shape index (κ1) is 16.3. The summed E-state index contributed by atoms with van der Waals surface area (Å²) in [5.41, 5.74) is 0. The Kier molecular flexibility index (Phi) is 8.36. The van der Waals surface area contributed by atoms with Crippen LogP contribution in [0.1, 0.15) is 46.5 Å². The molecule has 3 atom stereocenters. The third kappa shape index (κ3) is 5.50. The van der Waals surface area contributed by atoms with Gasteiger partial charge in [0.2, 0.25) is 0 Å². The molecule has 3 unspecified atom stereocenters. The smallest absolute Gasteiger partial charge is 0.0221 e. The molecule has 3 heteroatoms. The summed E-state index contributed by atoms with van der Waals surface area (Å²) in [6.07, 6.45) is 7.64. The number of piperazine rings is 1. The second-order valence-electron chi connectivity index (χ2n) is 5.80. The van der Waals surface area contributed by atoms with Crippen molar-refractivity contribution in [2.45, 2.75) is 58.5 Å². The SMILES string of the molecule is CCC(C)C1CN(CCCCCSC)C(C)CN1. The van der Waals surface area contributed by atoms with Crippen LogP contribution in [0.3, 0.4) is 0 Å². The van der Waals surface area contributed by atoms with Gasteiger partial charge in [-0.1, -0.05) is 26.7 Å². The highest BCUT2D eigenvalue weighted by molar-refractivity contribution is 7.98. The van der Waals surface area contributed by atoms with Crippen LogP contribution in [0.5, 0.6) is 0 Å². The normalized spacial score (nSPS) is 27.3. The molecule has 1 aliphatic heterocycles. The average molecular weight is 273 g/mol. The molecule has 1 aliphatic rings. The van der Waals surface area contributed by atoms with E-state index >= 15 is 0 Å². The van der Waals surface area contributed by atoms with Crippen molar-refractivity contribution in [1.82, 2.24) is 10.2 Å². The first-order valence-electron chi connectivity index (χ1n) is 7.65. The number of hydrogen-bond acceptors (Lipinski definition) is 3. The van der Waals surface area contributed by atoms with E-state index in [1.807, 2.05) is 11.8 Å². The second kappa shape index (κ2) is 9.22. The minimum Gasteiger partial charge on any atom is -0.311 e. The van der Waals surface area contributed by atoms with Crippen molar-refractivity contribution in [2.75, 3.05) is 31.6 Å². The molecule has 18 heavy (non-hydrogen) atoms. The highest BCUT2D eigenvalue weighted by Crippen LogP contribution is 2.16. The Balaban J connectivity index is 2.24. The number of rotatable bonds is 8. The molecular weight excluding hydrogens is 240 g/mol. The minimum atomic E-state index is 0.706. The van der Waals surface area contributed by atoms with Crippen molar-refractivity contribution in [2.24, 2.45) is 5.92 Å². The number of nitrogens with one attached hydrogen (secondary N) is 1. The van der Waals surface area contributed by atoms with Crippen LogP contribution in [0, 0.1) is 5.92 Å². The van der Waals surface area contributed by atoms with Crippen LogP contribution in [0.4, 0.5) is 0 Å². The maximum Gasteiger partial charge on any atom is 0.0221 e. The Morgan fingerprint density at radius 2 is 2.11 bits per heavy atom. The summed E-state index contributed by atoms with van der Waals surface area (Å²) in [6, 6.07) is 1.42. The van der Waals surface area contributed by atoms with Crippen LogP contribution in [0.2, 0.25) is 0 Å². The van der Waals surface area contributed by atoms with Gasteiger partial charge in [0.15, 0.2) is 0 Å². The molecule has 1 rings (SSSR count). The first-order chi connectivity index (χ1) is 8.69. The van der Waals surface area contributed by atoms with Crippen molar-refractivity contribution >= 4 is 11.8 Å². The fourth-order valence-electron chi connectivity index (χ4n) is 2.66. The molecular formula is C15H32N2S. The number of nitrogens with zero attached hydrogens (tertiary/aromatic N) is 1. The Morgan fingerprint density at radius 1 is 1.33 bits per heavy atom. The lowest BCUT2D eigenvalue weighted by molar-refractivity contribution is 0.117. The van der Waals surface area contributed by atoms with E-state index in [0.29, 0.717) is 12.1 Å². The van der Waals surface area contributed by atoms with Gasteiger partial charge < -0.3 is 5.32 Å². The Hall–Kier alpha value is 0.270. The van der Waals surface area contributed by atoms with Gasteiger partial charge in [0.25, 0.3) is 0 Å². The third-order valence-corrected chi connectivity index (χ3v) is 5.05. The van der Waals surface area contributed by atoms with E-state index in [4.69, 9.17) is 0 Å². The topological polar surface area (TPSA) is 15.3 Å². The standard InChI is InChI=1S/C15H32N2S/c1-5-13(2)15-12-17(14(3)11-16-15)9-7-6-8-10-18-4/h13-16H,5-12H2,1-4H3. The molecule has 2 nitrogen and oxygen atoms in total. The van der Waals surface area contributed by atoms with E-state index < -0.39 is 0 Å². The summed E-state index contributed by atoms with van der Waals surface area (Å²) >= 11 is 1.97. The van der Waals surface area contributed by atoms with Gasteiger partial charge in [-0.2, -0.15) is 11.8 Å². The van der Waals surface area contributed by atoms with E-state index in [2.05, 4.69) is 37.2 Å². The van der Waals surface area contributed by atoms with Crippen molar-refractivity contribution in [3.05, 3.63) is 0 Å². The van der Waals surface area contributed by atoms with E-state index in [-0.39, 0.29) is 0 Å². The van der Waals surface area contributed by atoms with Crippen molar-refractivity contribution < 1.29 is 0 Å². The van der Waals surface area contributed by atoms with E-state index in [0.717, 1.165) is 5.92 Å². The van der Waals surface area contributed by atoms with Crippen molar-refractivity contribution in [3.8, 4) is 0 Å². The van der Waals surface area contributed by atoms with E-state index in [1.54, 1.807) is 0 Å². The lowest BCUT2D eigenvalue weighted by atomic mass is 9.95. The zero-order valence-electron chi connectivity index (χ0n) is 12.7. The summed E-state index contributed by atoms with van der Waals surface area (Å²) in [5, 5.41) is 3.72. The van der Waals surface area contributed by atoms with Gasteiger partial charge in [-0.25, -0.2) is 0 Å². The Morgan fingerprint density at radius 3 is 2.78 bits per heavy atom. The van der Waals surface area contributed by atoms with Gasteiger partial charge in [-0.15, -0.1) is 0 Å². The van der Waals surface area contributed by atoms with Crippen LogP contribution in [0.25, 0.3) is 0 Å². The molecule has 0 spiro atoms. The fraction of sp³-hybridized carbons (Fsp3) is 1.00. The molecule has 1 fully saturated rings. The Bertz CT molecular complexity index is 211. The van der Waals surface area contributed by atoms with Crippen molar-refractivity contribution in [1.29, 1.82) is 0 Å². The monoisotopic (exact) mass is 272 g/mol. The van der Waals surface area contributed by atoms with Gasteiger partial charge in [-0.05, 0) is 44.2 Å². The van der Waals surface area contributed by atoms with Crippen molar-refractivity contribution in [3.63, 3.8) is 0 Å². The predicted octanol–water partition coefficient (Wildman–Crippen LogP) is 3.23. The summed E-state index contributed by atoms with van der Waals surface area (Å²) in [5.74, 6) is 2.13. The minimum absolute atomic E-state index is 0.706. The molecule has 0 aromatic rings. The largest absolute Gasteiger partial charge is 0.311 e. The molecule has 108 valence electrons. The van der Waals surface area contributed by atoms with E-state index in [1.165, 1.54) is 51.1 Å². The second-order valence-corrected chi connectivity index (χ2v) is 6.78. The van der Waals surface area contributed by atoms with E-state index in [9.17, 15) is 0 Å². The lowest BCUT2D eigenvalue weighted by Gasteiger charge is -2.41. The van der Waals surface area contributed by atoms with Gasteiger partial charge in [0.05, 0.1) is 0 Å². The lowest BCUT2D eigenvalue weighted by Crippen LogP contribution is -2.57. The summed E-state index contributed by atoms with van der Waals surface area (Å²) in [7, 11) is 0. The molecule has 0 aromatic carbocycles. The Labute approximate surface area is 118 Å². The van der Waals surface area contributed by atoms with Crippen LogP contribution in [-0.4, -0.2) is 48.6 Å². The highest BCUT2D eigenvalue weighted by atomic mass is 32.2. The fourth-order valence-corrected chi connectivity index (χ4v) is 3.16. The first-order valence-corrected chi connectivity index (χ1v) is 9.04. The van der Waals surface area contributed by atoms with Crippen LogP contribution in [-0.2, 0) is 0 Å². The number of hydrogen-bond donors (Lipinski definition) is 1. The molecule has 0 amide bonds. The molecule has 0 saturated carbocycles. The molecule has 1 heterocycles. The summed E-state index contributed by atoms with van der Waals surface area (Å²) < 4.78 is 0. The summed E-state index contributed by atoms with van der Waals surface area (Å²) in [4.78, 5) is 2.70. The highest BCUT2D eigenvalue weighted by Gasteiger charge is 2.26. The van der Waals surface area contributed by atoms with Crippen LogP contribution in [0.15, 0.2) is 0 Å². The zero-order chi connectivity index (χ0) is 13.4. The number of unbranched alkanes of at least 4 members (excludes halogenated alkanes) is 2. The molecule has 0 aliphatic carbocycles. The molecule has 1 saturated heterocycles. The van der Waals surface area contributed by atoms with Gasteiger partial charge in [0.1, 0.15) is 0 Å². The zero-order valence-corrected chi connectivity index (χ0v) is 13.6. The third-order valence-electron chi connectivity index (χ3n) is 4.35. The van der Waals surface area contributed by atoms with Crippen LogP contribution >= 0.6 is 11.8 Å². The number of thioether (sulfide) groups is 1. The van der Waals surface area contributed by atoms with Gasteiger partial charge in [-0.3, -0.25) is 4.90 Å². The average Bonchev–Trinajstić information content (AvgIpc) is 2.39. The molecule has 1 N–H and O–H groups in total. The molecule has 0 bridgehead atoms. The predicted molar refractivity (Wildman–Crippen MR) is 84.5 cm³/mol. The maximum atomic E-state index is 3.72. The molecule has 0 aromatic heterocycles. The van der Waals surface area contributed by atoms with Gasteiger partial charge >= 0.3 is 0 Å².